The molecule has 0 fully saturated rings. The van der Waals surface area contributed by atoms with Crippen LogP contribution < -0.4 is 10.2 Å². The molecule has 0 atom stereocenters. The zero-order valence-corrected chi connectivity index (χ0v) is 12.1. The van der Waals surface area contributed by atoms with Gasteiger partial charge in [0, 0.05) is 49.7 Å². The van der Waals surface area contributed by atoms with Crippen molar-refractivity contribution in [2.75, 3.05) is 13.1 Å². The Kier molecular flexibility index (Phi) is 6.04. The fourth-order valence-corrected chi connectivity index (χ4v) is 1.77. The molecule has 0 radical (unpaired) electrons. The van der Waals surface area contributed by atoms with Gasteiger partial charge in [0.05, 0.1) is 0 Å². The number of aromatic nitrogens is 2. The first kappa shape index (κ1) is 15.6. The molecule has 0 spiro atoms. The van der Waals surface area contributed by atoms with Gasteiger partial charge in [-0.3, -0.25) is 20.0 Å². The molecule has 0 aliphatic heterocycles. The fraction of sp³-hybridized carbons (Fsp3) is 0.250. The van der Waals surface area contributed by atoms with Gasteiger partial charge in [-0.05, 0) is 36.1 Å². The molecule has 0 amide bonds. The summed E-state index contributed by atoms with van der Waals surface area (Å²) >= 11 is 0. The lowest BCUT2D eigenvalue weighted by Gasteiger charge is -2.17. The van der Waals surface area contributed by atoms with E-state index in [1.807, 2.05) is 36.4 Å². The summed E-state index contributed by atoms with van der Waals surface area (Å²) < 4.78 is 0. The Morgan fingerprint density at radius 1 is 0.773 bits per heavy atom. The van der Waals surface area contributed by atoms with E-state index >= 15 is 0 Å². The van der Waals surface area contributed by atoms with Gasteiger partial charge in [0.15, 0.2) is 0 Å². The monoisotopic (exact) mass is 296 g/mol. The lowest BCUT2D eigenvalue weighted by atomic mass is 10.3. The maximum Gasteiger partial charge on any atom is 0.0438 e. The maximum absolute atomic E-state index is 11.5. The van der Waals surface area contributed by atoms with E-state index in [-0.39, 0.29) is 13.1 Å². The molecule has 0 saturated heterocycles. The number of nitrogens with zero attached hydrogens (tertiary/aromatic N) is 4. The highest BCUT2D eigenvalue weighted by Crippen LogP contribution is 1.96. The van der Waals surface area contributed by atoms with Gasteiger partial charge < -0.3 is 10.2 Å². The van der Waals surface area contributed by atoms with Gasteiger partial charge >= 0.3 is 0 Å². The molecule has 2 heterocycles. The topological polar surface area (TPSA) is 96.6 Å². The minimum Gasteiger partial charge on any atom is -0.858 e. The third-order valence-electron chi connectivity index (χ3n) is 2.88. The molecule has 0 N–H and O–H groups in total. The van der Waals surface area contributed by atoms with Crippen molar-refractivity contribution >= 4 is 11.8 Å². The molecule has 0 aliphatic rings. The van der Waals surface area contributed by atoms with Crippen LogP contribution in [0, 0.1) is 0 Å². The van der Waals surface area contributed by atoms with E-state index < -0.39 is 11.8 Å². The molecule has 2 aromatic rings. The Labute approximate surface area is 128 Å². The Bertz CT molecular complexity index is 570. The summed E-state index contributed by atoms with van der Waals surface area (Å²) in [6.07, 6.45) is 4.39. The highest BCUT2D eigenvalue weighted by molar-refractivity contribution is 6.31. The summed E-state index contributed by atoms with van der Waals surface area (Å²) in [6.45, 7) is 0.467. The first-order valence-electron chi connectivity index (χ1n) is 6.99. The predicted octanol–water partition coefficient (Wildman–Crippen LogP) is -0.221. The molecule has 2 rings (SSSR count). The summed E-state index contributed by atoms with van der Waals surface area (Å²) in [4.78, 5) is 15.6. The Morgan fingerprint density at radius 2 is 1.23 bits per heavy atom. The van der Waals surface area contributed by atoms with Crippen molar-refractivity contribution in [2.24, 2.45) is 9.98 Å². The van der Waals surface area contributed by atoms with Crippen molar-refractivity contribution < 1.29 is 10.2 Å². The Balaban J connectivity index is 1.79. The maximum atomic E-state index is 11.5. The summed E-state index contributed by atoms with van der Waals surface area (Å²) in [7, 11) is 0. The van der Waals surface area contributed by atoms with Crippen molar-refractivity contribution in [1.29, 1.82) is 0 Å². The summed E-state index contributed by atoms with van der Waals surface area (Å²) in [5.41, 5.74) is 1.66. The van der Waals surface area contributed by atoms with E-state index in [9.17, 15) is 10.2 Å². The van der Waals surface area contributed by atoms with E-state index in [1.54, 1.807) is 12.4 Å². The average Bonchev–Trinajstić information content (AvgIpc) is 2.56. The van der Waals surface area contributed by atoms with Gasteiger partial charge in [-0.2, -0.15) is 0 Å². The number of aliphatic imine (C=N–C) groups is 2. The van der Waals surface area contributed by atoms with E-state index in [1.165, 1.54) is 0 Å². The molecule has 22 heavy (non-hydrogen) atoms. The fourth-order valence-electron chi connectivity index (χ4n) is 1.77. The predicted molar refractivity (Wildman–Crippen MR) is 80.5 cm³/mol. The van der Waals surface area contributed by atoms with Crippen molar-refractivity contribution in [3.8, 4) is 0 Å². The van der Waals surface area contributed by atoms with Crippen LogP contribution in [0.4, 0.5) is 0 Å². The molecule has 2 aromatic heterocycles. The molecule has 0 aromatic carbocycles. The van der Waals surface area contributed by atoms with Crippen molar-refractivity contribution in [1.82, 2.24) is 9.97 Å². The van der Waals surface area contributed by atoms with Crippen LogP contribution in [0.25, 0.3) is 0 Å². The van der Waals surface area contributed by atoms with Gasteiger partial charge in [-0.25, -0.2) is 0 Å². The molecule has 0 saturated carbocycles. The number of hydrogen-bond donors (Lipinski definition) is 0. The molecule has 6 heteroatoms. The number of hydrogen-bond acceptors (Lipinski definition) is 6. The molecule has 114 valence electrons. The van der Waals surface area contributed by atoms with Crippen molar-refractivity contribution in [2.45, 2.75) is 12.8 Å². The third-order valence-corrected chi connectivity index (χ3v) is 2.88. The van der Waals surface area contributed by atoms with Crippen LogP contribution >= 0.6 is 0 Å². The zero-order chi connectivity index (χ0) is 15.6. The van der Waals surface area contributed by atoms with Crippen LogP contribution in [0.3, 0.4) is 0 Å². The van der Waals surface area contributed by atoms with E-state index in [0.717, 1.165) is 11.4 Å². The second-order valence-corrected chi connectivity index (χ2v) is 4.52. The van der Waals surface area contributed by atoms with Crippen LogP contribution in [0.15, 0.2) is 58.8 Å². The number of rotatable bonds is 6. The van der Waals surface area contributed by atoms with Crippen LogP contribution in [0.5, 0.6) is 0 Å². The molecule has 6 nitrogen and oxygen atoms in total. The third kappa shape index (κ3) is 5.32. The summed E-state index contributed by atoms with van der Waals surface area (Å²) in [6, 6.07) is 11.0. The molecular formula is C16H16N4O2-2. The van der Waals surface area contributed by atoms with Crippen LogP contribution in [0.1, 0.15) is 11.4 Å². The average molecular weight is 296 g/mol. The highest BCUT2D eigenvalue weighted by atomic mass is 16.3. The SMILES string of the molecule is [O-]C(=NCCc1ccccn1)C([O-])=NCCc1ccccn1. The first-order valence-corrected chi connectivity index (χ1v) is 6.99. The van der Waals surface area contributed by atoms with Crippen LogP contribution in [-0.2, 0) is 12.8 Å². The van der Waals surface area contributed by atoms with Gasteiger partial charge in [0.25, 0.3) is 0 Å². The second kappa shape index (κ2) is 8.51. The lowest BCUT2D eigenvalue weighted by molar-refractivity contribution is -0.248. The van der Waals surface area contributed by atoms with Crippen molar-refractivity contribution in [3.63, 3.8) is 0 Å². The minimum absolute atomic E-state index is 0.233. The van der Waals surface area contributed by atoms with Gasteiger partial charge in [0.2, 0.25) is 0 Å². The largest absolute Gasteiger partial charge is 0.858 e. The van der Waals surface area contributed by atoms with Crippen LogP contribution in [0.2, 0.25) is 0 Å². The number of pyridine rings is 2. The molecule has 0 bridgehead atoms. The second-order valence-electron chi connectivity index (χ2n) is 4.52. The van der Waals surface area contributed by atoms with Crippen LogP contribution in [-0.4, -0.2) is 34.9 Å². The summed E-state index contributed by atoms with van der Waals surface area (Å²) in [5.74, 6) is -1.62. The zero-order valence-electron chi connectivity index (χ0n) is 12.1. The Hall–Kier alpha value is -2.76. The van der Waals surface area contributed by atoms with Gasteiger partial charge in [-0.1, -0.05) is 12.1 Å². The van der Waals surface area contributed by atoms with E-state index in [0.29, 0.717) is 12.8 Å². The summed E-state index contributed by atoms with van der Waals surface area (Å²) in [5, 5.41) is 23.1. The van der Waals surface area contributed by atoms with Crippen molar-refractivity contribution in [3.05, 3.63) is 60.2 Å². The molecular weight excluding hydrogens is 280 g/mol. The highest BCUT2D eigenvalue weighted by Gasteiger charge is 1.93. The minimum atomic E-state index is -0.808. The van der Waals surface area contributed by atoms with Gasteiger partial charge in [0.1, 0.15) is 0 Å². The normalized spacial score (nSPS) is 12.4. The molecule has 0 unspecified atom stereocenters. The smallest absolute Gasteiger partial charge is 0.0438 e. The first-order chi connectivity index (χ1) is 10.8. The van der Waals surface area contributed by atoms with E-state index in [2.05, 4.69) is 20.0 Å². The van der Waals surface area contributed by atoms with E-state index in [4.69, 9.17) is 0 Å². The van der Waals surface area contributed by atoms with Gasteiger partial charge in [-0.15, -0.1) is 0 Å². The molecule has 0 aliphatic carbocycles. The standard InChI is InChI=1S/C16H18N4O2/c21-15(19-11-7-13-5-1-3-9-17-13)16(22)20-12-8-14-6-2-4-10-18-14/h1-6,9-10H,7-8,11-12H2,(H,19,21)(H,20,22)/p-2. The Morgan fingerprint density at radius 3 is 1.59 bits per heavy atom. The quantitative estimate of drug-likeness (QED) is 0.543. The lowest BCUT2D eigenvalue weighted by Crippen LogP contribution is -2.38.